The number of rotatable bonds is 6. The second-order valence-corrected chi connectivity index (χ2v) is 5.67. The summed E-state index contributed by atoms with van der Waals surface area (Å²) in [5.74, 6) is 0.271. The van der Waals surface area contributed by atoms with Gasteiger partial charge in [-0.1, -0.05) is 33.1 Å². The van der Waals surface area contributed by atoms with Crippen LogP contribution in [0.2, 0.25) is 0 Å². The molecule has 0 aromatic carbocycles. The minimum atomic E-state index is -0.218. The number of hydrogen-bond donors (Lipinski definition) is 2. The maximum Gasteiger partial charge on any atom is 0.233 e. The van der Waals surface area contributed by atoms with Crippen LogP contribution in [0.1, 0.15) is 46.0 Å². The van der Waals surface area contributed by atoms with Gasteiger partial charge in [0.2, 0.25) is 5.91 Å². The van der Waals surface area contributed by atoms with Gasteiger partial charge in [-0.15, -0.1) is 0 Å². The molecule has 0 aliphatic heterocycles. The van der Waals surface area contributed by atoms with Gasteiger partial charge in [0.25, 0.3) is 0 Å². The molecule has 1 unspecified atom stereocenters. The van der Waals surface area contributed by atoms with Crippen LogP contribution in [-0.4, -0.2) is 30.4 Å². The second kappa shape index (κ2) is 7.98. The third-order valence-corrected chi connectivity index (χ3v) is 4.04. The maximum absolute atomic E-state index is 11.6. The zero-order valence-corrected chi connectivity index (χ0v) is 11.8. The standard InChI is InChI=1S/C13H25NO2S/c1-10(2)12(17)13(15)14-8-9-16-11-6-4-3-5-7-11/h10-12,17H,3-9H2,1-2H3,(H,14,15). The smallest absolute Gasteiger partial charge is 0.233 e. The van der Waals surface area contributed by atoms with E-state index in [1.165, 1.54) is 32.1 Å². The van der Waals surface area contributed by atoms with Gasteiger partial charge >= 0.3 is 0 Å². The minimum absolute atomic E-state index is 0.00979. The van der Waals surface area contributed by atoms with E-state index >= 15 is 0 Å². The van der Waals surface area contributed by atoms with E-state index in [4.69, 9.17) is 4.74 Å². The number of ether oxygens (including phenoxy) is 1. The molecule has 0 radical (unpaired) electrons. The lowest BCUT2D eigenvalue weighted by Gasteiger charge is -2.22. The summed E-state index contributed by atoms with van der Waals surface area (Å²) in [7, 11) is 0. The highest BCUT2D eigenvalue weighted by atomic mass is 32.1. The topological polar surface area (TPSA) is 38.3 Å². The van der Waals surface area contributed by atoms with Crippen molar-refractivity contribution in [2.24, 2.45) is 5.92 Å². The van der Waals surface area contributed by atoms with Crippen LogP contribution in [0.5, 0.6) is 0 Å². The Bertz CT molecular complexity index is 227. The molecule has 0 spiro atoms. The highest BCUT2D eigenvalue weighted by molar-refractivity contribution is 7.81. The van der Waals surface area contributed by atoms with Crippen LogP contribution >= 0.6 is 12.6 Å². The van der Waals surface area contributed by atoms with E-state index in [0.29, 0.717) is 19.3 Å². The van der Waals surface area contributed by atoms with Crippen LogP contribution in [0.4, 0.5) is 0 Å². The SMILES string of the molecule is CC(C)C(S)C(=O)NCCOC1CCCCC1. The molecule has 1 rings (SSSR count). The third-order valence-electron chi connectivity index (χ3n) is 3.21. The van der Waals surface area contributed by atoms with Crippen LogP contribution < -0.4 is 5.32 Å². The van der Waals surface area contributed by atoms with E-state index in [9.17, 15) is 4.79 Å². The Morgan fingerprint density at radius 2 is 2.00 bits per heavy atom. The van der Waals surface area contributed by atoms with Crippen molar-refractivity contribution in [1.29, 1.82) is 0 Å². The van der Waals surface area contributed by atoms with Crippen molar-refractivity contribution in [1.82, 2.24) is 5.32 Å². The third kappa shape index (κ3) is 5.77. The van der Waals surface area contributed by atoms with Crippen molar-refractivity contribution in [2.75, 3.05) is 13.2 Å². The molecule has 1 aliphatic carbocycles. The fourth-order valence-electron chi connectivity index (χ4n) is 2.04. The summed E-state index contributed by atoms with van der Waals surface area (Å²) >= 11 is 4.27. The Labute approximate surface area is 110 Å². The van der Waals surface area contributed by atoms with Gasteiger partial charge in [0.1, 0.15) is 0 Å². The molecule has 0 heterocycles. The molecule has 1 aliphatic rings. The molecule has 0 aromatic heterocycles. The highest BCUT2D eigenvalue weighted by Gasteiger charge is 2.17. The van der Waals surface area contributed by atoms with Crippen LogP contribution in [0.3, 0.4) is 0 Å². The summed E-state index contributed by atoms with van der Waals surface area (Å²) in [6, 6.07) is 0. The molecule has 1 amide bonds. The fraction of sp³-hybridized carbons (Fsp3) is 0.923. The van der Waals surface area contributed by atoms with Gasteiger partial charge in [0.15, 0.2) is 0 Å². The van der Waals surface area contributed by atoms with E-state index < -0.39 is 0 Å². The van der Waals surface area contributed by atoms with Crippen molar-refractivity contribution in [3.05, 3.63) is 0 Å². The Morgan fingerprint density at radius 3 is 2.59 bits per heavy atom. The predicted molar refractivity (Wildman–Crippen MR) is 73.4 cm³/mol. The first kappa shape index (κ1) is 14.8. The molecule has 1 saturated carbocycles. The summed E-state index contributed by atoms with van der Waals surface area (Å²) < 4.78 is 5.73. The maximum atomic E-state index is 11.6. The van der Waals surface area contributed by atoms with Gasteiger partial charge < -0.3 is 10.1 Å². The van der Waals surface area contributed by atoms with Gasteiger partial charge in [0, 0.05) is 6.54 Å². The van der Waals surface area contributed by atoms with Crippen LogP contribution in [0.25, 0.3) is 0 Å². The highest BCUT2D eigenvalue weighted by Crippen LogP contribution is 2.19. The fourth-order valence-corrected chi connectivity index (χ4v) is 2.13. The normalized spacial score (nSPS) is 19.3. The molecule has 4 heteroatoms. The summed E-state index contributed by atoms with van der Waals surface area (Å²) in [5, 5.41) is 2.65. The molecular weight excluding hydrogens is 234 g/mol. The van der Waals surface area contributed by atoms with Gasteiger partial charge in [0.05, 0.1) is 18.0 Å². The lowest BCUT2D eigenvalue weighted by Crippen LogP contribution is -2.36. The summed E-state index contributed by atoms with van der Waals surface area (Å²) in [6.07, 6.45) is 6.67. The van der Waals surface area contributed by atoms with Gasteiger partial charge in [-0.25, -0.2) is 0 Å². The average molecular weight is 259 g/mol. The number of amides is 1. The largest absolute Gasteiger partial charge is 0.376 e. The Kier molecular flexibility index (Phi) is 6.97. The minimum Gasteiger partial charge on any atom is -0.376 e. The molecule has 3 nitrogen and oxygen atoms in total. The summed E-state index contributed by atoms with van der Waals surface area (Å²) in [4.78, 5) is 11.6. The molecule has 0 saturated heterocycles. The van der Waals surface area contributed by atoms with Crippen molar-refractivity contribution in [2.45, 2.75) is 57.3 Å². The molecule has 0 bridgehead atoms. The van der Waals surface area contributed by atoms with Crippen molar-refractivity contribution in [3.8, 4) is 0 Å². The van der Waals surface area contributed by atoms with E-state index in [0.717, 1.165) is 0 Å². The van der Waals surface area contributed by atoms with E-state index in [1.807, 2.05) is 13.8 Å². The van der Waals surface area contributed by atoms with Crippen LogP contribution in [-0.2, 0) is 9.53 Å². The molecule has 1 atom stereocenters. The molecule has 100 valence electrons. The number of thiol groups is 1. The number of carbonyl (C=O) groups is 1. The average Bonchev–Trinajstić information content (AvgIpc) is 2.34. The van der Waals surface area contributed by atoms with Crippen molar-refractivity contribution < 1.29 is 9.53 Å². The second-order valence-electron chi connectivity index (χ2n) is 5.11. The van der Waals surface area contributed by atoms with Crippen molar-refractivity contribution in [3.63, 3.8) is 0 Å². The van der Waals surface area contributed by atoms with Gasteiger partial charge in [-0.3, -0.25) is 4.79 Å². The Balaban J connectivity index is 2.05. The lowest BCUT2D eigenvalue weighted by atomic mass is 9.98. The van der Waals surface area contributed by atoms with Crippen LogP contribution in [0.15, 0.2) is 0 Å². The Hall–Kier alpha value is -0.220. The first-order valence-corrected chi connectivity index (χ1v) is 7.20. The molecular formula is C13H25NO2S. The van der Waals surface area contributed by atoms with E-state index in [-0.39, 0.29) is 17.1 Å². The van der Waals surface area contributed by atoms with E-state index in [2.05, 4.69) is 17.9 Å². The number of carbonyl (C=O) groups excluding carboxylic acids is 1. The molecule has 0 aromatic rings. The summed E-state index contributed by atoms with van der Waals surface area (Å²) in [6.45, 7) is 5.21. The Morgan fingerprint density at radius 1 is 1.35 bits per heavy atom. The monoisotopic (exact) mass is 259 g/mol. The lowest BCUT2D eigenvalue weighted by molar-refractivity contribution is -0.121. The zero-order chi connectivity index (χ0) is 12.7. The zero-order valence-electron chi connectivity index (χ0n) is 10.9. The molecule has 1 fully saturated rings. The van der Waals surface area contributed by atoms with Gasteiger partial charge in [-0.05, 0) is 18.8 Å². The number of hydrogen-bond acceptors (Lipinski definition) is 3. The molecule has 17 heavy (non-hydrogen) atoms. The first-order chi connectivity index (χ1) is 8.11. The first-order valence-electron chi connectivity index (χ1n) is 6.68. The predicted octanol–water partition coefficient (Wildman–Crippen LogP) is 2.41. The summed E-state index contributed by atoms with van der Waals surface area (Å²) in [5.41, 5.74) is 0. The molecule has 1 N–H and O–H groups in total. The van der Waals surface area contributed by atoms with E-state index in [1.54, 1.807) is 0 Å². The van der Waals surface area contributed by atoms with Crippen molar-refractivity contribution >= 4 is 18.5 Å². The van der Waals surface area contributed by atoms with Crippen LogP contribution in [0, 0.1) is 5.92 Å². The van der Waals surface area contributed by atoms with Gasteiger partial charge in [-0.2, -0.15) is 12.6 Å². The number of nitrogens with one attached hydrogen (secondary N) is 1. The quantitative estimate of drug-likeness (QED) is 0.568.